The topological polar surface area (TPSA) is 129 Å². The number of Topliss-reactive ketones (excluding diaryl/α,β-unsaturated/α-hetero) is 1. The van der Waals surface area contributed by atoms with Crippen LogP contribution >= 0.6 is 11.8 Å². The third-order valence-electron chi connectivity index (χ3n) is 3.72. The number of carbonyl (C=O) groups is 1. The van der Waals surface area contributed by atoms with Crippen LogP contribution in [0.5, 0.6) is 0 Å². The highest BCUT2D eigenvalue weighted by molar-refractivity contribution is 7.99. The highest BCUT2D eigenvalue weighted by atomic mass is 32.2. The van der Waals surface area contributed by atoms with Crippen LogP contribution in [0.2, 0.25) is 0 Å². The van der Waals surface area contributed by atoms with Gasteiger partial charge in [0.25, 0.3) is 11.4 Å². The van der Waals surface area contributed by atoms with Crippen LogP contribution < -0.4 is 0 Å². The number of non-ortho nitro benzene ring substituents is 2. The molecule has 0 aliphatic heterocycles. The summed E-state index contributed by atoms with van der Waals surface area (Å²) >= 11 is 1.15. The molecule has 0 atom stereocenters. The monoisotopic (exact) mass is 396 g/mol. The second-order valence-electron chi connectivity index (χ2n) is 5.58. The van der Waals surface area contributed by atoms with Crippen LogP contribution in [0.1, 0.15) is 10.4 Å². The van der Waals surface area contributed by atoms with Gasteiger partial charge >= 0.3 is 0 Å². The van der Waals surface area contributed by atoms with Crippen LogP contribution in [0.15, 0.2) is 65.7 Å². The summed E-state index contributed by atoms with van der Waals surface area (Å²) in [5.41, 5.74) is 1.10. The molecule has 2 aromatic carbocycles. The predicted molar refractivity (Wildman–Crippen MR) is 102 cm³/mol. The van der Waals surface area contributed by atoms with Gasteiger partial charge in [0.2, 0.25) is 0 Å². The number of ketones is 1. The summed E-state index contributed by atoms with van der Waals surface area (Å²) < 4.78 is 0. The first-order valence-electron chi connectivity index (χ1n) is 7.93. The minimum absolute atomic E-state index is 0.0414. The fourth-order valence-electron chi connectivity index (χ4n) is 2.35. The van der Waals surface area contributed by atoms with Crippen LogP contribution in [0.25, 0.3) is 11.3 Å². The largest absolute Gasteiger partial charge is 0.293 e. The van der Waals surface area contributed by atoms with E-state index >= 15 is 0 Å². The maximum absolute atomic E-state index is 12.2. The van der Waals surface area contributed by atoms with Gasteiger partial charge in [-0.3, -0.25) is 25.0 Å². The normalized spacial score (nSPS) is 10.4. The predicted octanol–water partition coefficient (Wildman–Crippen LogP) is 3.94. The highest BCUT2D eigenvalue weighted by Gasteiger charge is 2.13. The van der Waals surface area contributed by atoms with Crippen molar-refractivity contribution in [2.75, 3.05) is 5.75 Å². The Kier molecular flexibility index (Phi) is 5.70. The van der Waals surface area contributed by atoms with E-state index in [1.165, 1.54) is 36.4 Å². The van der Waals surface area contributed by atoms with Crippen molar-refractivity contribution < 1.29 is 14.6 Å². The molecule has 0 aliphatic rings. The molecule has 0 fully saturated rings. The van der Waals surface area contributed by atoms with E-state index in [9.17, 15) is 25.0 Å². The molecular formula is C18H12N4O5S. The van der Waals surface area contributed by atoms with Gasteiger partial charge in [-0.25, -0.2) is 0 Å². The van der Waals surface area contributed by atoms with Crippen molar-refractivity contribution in [1.82, 2.24) is 10.2 Å². The van der Waals surface area contributed by atoms with Crippen molar-refractivity contribution in [2.45, 2.75) is 5.03 Å². The summed E-state index contributed by atoms with van der Waals surface area (Å²) in [5, 5.41) is 30.2. The lowest BCUT2D eigenvalue weighted by molar-refractivity contribution is -0.385. The zero-order valence-corrected chi connectivity index (χ0v) is 15.0. The van der Waals surface area contributed by atoms with Gasteiger partial charge in [0.05, 0.1) is 21.3 Å². The lowest BCUT2D eigenvalue weighted by Gasteiger charge is -2.03. The molecule has 10 heteroatoms. The number of aromatic nitrogens is 2. The number of rotatable bonds is 7. The van der Waals surface area contributed by atoms with Gasteiger partial charge in [0, 0.05) is 35.4 Å². The molecule has 0 bridgehead atoms. The highest BCUT2D eigenvalue weighted by Crippen LogP contribution is 2.24. The maximum Gasteiger partial charge on any atom is 0.270 e. The van der Waals surface area contributed by atoms with Crippen molar-refractivity contribution in [3.05, 3.63) is 86.5 Å². The number of nitro benzene ring substituents is 2. The van der Waals surface area contributed by atoms with Gasteiger partial charge in [-0.1, -0.05) is 36.0 Å². The Balaban J connectivity index is 1.67. The van der Waals surface area contributed by atoms with Gasteiger partial charge in [0.15, 0.2) is 5.78 Å². The molecule has 0 saturated heterocycles. The molecule has 3 aromatic rings. The molecule has 0 aliphatic carbocycles. The van der Waals surface area contributed by atoms with E-state index in [1.807, 2.05) is 0 Å². The van der Waals surface area contributed by atoms with Crippen molar-refractivity contribution in [2.24, 2.45) is 0 Å². The zero-order valence-electron chi connectivity index (χ0n) is 14.2. The summed E-state index contributed by atoms with van der Waals surface area (Å²) in [6.07, 6.45) is 0. The maximum atomic E-state index is 12.2. The zero-order chi connectivity index (χ0) is 20.1. The van der Waals surface area contributed by atoms with Crippen molar-refractivity contribution >= 4 is 28.9 Å². The Hall–Kier alpha value is -3.66. The number of carbonyl (C=O) groups excluding carboxylic acids is 1. The number of nitro groups is 2. The number of benzene rings is 2. The average molecular weight is 396 g/mol. The lowest BCUT2D eigenvalue weighted by Crippen LogP contribution is -2.03. The van der Waals surface area contributed by atoms with Crippen LogP contribution in [-0.2, 0) is 0 Å². The van der Waals surface area contributed by atoms with Gasteiger partial charge in [-0.2, -0.15) is 0 Å². The molecule has 0 amide bonds. The molecule has 140 valence electrons. The smallest absolute Gasteiger partial charge is 0.270 e. The molecule has 0 radical (unpaired) electrons. The molecule has 0 N–H and O–H groups in total. The fourth-order valence-corrected chi connectivity index (χ4v) is 3.05. The second kappa shape index (κ2) is 8.35. The summed E-state index contributed by atoms with van der Waals surface area (Å²) in [7, 11) is 0. The Labute approximate surface area is 162 Å². The number of nitrogens with zero attached hydrogens (tertiary/aromatic N) is 4. The number of hydrogen-bond acceptors (Lipinski definition) is 8. The molecule has 9 nitrogen and oxygen atoms in total. The Bertz CT molecular complexity index is 1060. The molecule has 0 spiro atoms. The third kappa shape index (κ3) is 4.54. The van der Waals surface area contributed by atoms with Gasteiger partial charge in [0.1, 0.15) is 5.03 Å². The second-order valence-corrected chi connectivity index (χ2v) is 6.58. The minimum atomic E-state index is -0.554. The average Bonchev–Trinajstić information content (AvgIpc) is 2.72. The van der Waals surface area contributed by atoms with Crippen molar-refractivity contribution in [1.29, 1.82) is 0 Å². The SMILES string of the molecule is O=C(CSc1ccc(-c2cccc([N+](=O)[O-])c2)nn1)c1cccc([N+](=O)[O-])c1. The van der Waals surface area contributed by atoms with E-state index in [1.54, 1.807) is 24.3 Å². The molecular weight excluding hydrogens is 384 g/mol. The van der Waals surface area contributed by atoms with Gasteiger partial charge in [-0.15, -0.1) is 10.2 Å². The van der Waals surface area contributed by atoms with E-state index in [-0.39, 0.29) is 28.5 Å². The Morgan fingerprint density at radius 1 is 0.893 bits per heavy atom. The molecule has 3 rings (SSSR count). The van der Waals surface area contributed by atoms with Crippen molar-refractivity contribution in [3.8, 4) is 11.3 Å². The lowest BCUT2D eigenvalue weighted by atomic mass is 10.1. The summed E-state index contributed by atoms with van der Waals surface area (Å²) in [6.45, 7) is 0. The Morgan fingerprint density at radius 2 is 1.57 bits per heavy atom. The standard InChI is InChI=1S/C18H12N4O5S/c23-17(13-4-2-6-15(10-13)22(26)27)11-28-18-8-7-16(19-20-18)12-3-1-5-14(9-12)21(24)25/h1-10H,11H2. The first-order valence-corrected chi connectivity index (χ1v) is 8.91. The van der Waals surface area contributed by atoms with Crippen LogP contribution in [0.3, 0.4) is 0 Å². The van der Waals surface area contributed by atoms with Crippen LogP contribution in [0, 0.1) is 20.2 Å². The molecule has 0 unspecified atom stereocenters. The summed E-state index contributed by atoms with van der Waals surface area (Å²) in [4.78, 5) is 32.8. The molecule has 1 heterocycles. The van der Waals surface area contributed by atoms with Crippen LogP contribution in [-0.4, -0.2) is 31.6 Å². The first-order chi connectivity index (χ1) is 13.4. The van der Waals surface area contributed by atoms with E-state index in [4.69, 9.17) is 0 Å². The molecule has 28 heavy (non-hydrogen) atoms. The van der Waals surface area contributed by atoms with Crippen LogP contribution in [0.4, 0.5) is 11.4 Å². The molecule has 1 aromatic heterocycles. The summed E-state index contributed by atoms with van der Waals surface area (Å²) in [6, 6.07) is 14.9. The number of hydrogen-bond donors (Lipinski definition) is 0. The molecule has 0 saturated carbocycles. The Morgan fingerprint density at radius 3 is 2.21 bits per heavy atom. The van der Waals surface area contributed by atoms with Gasteiger partial charge in [-0.05, 0) is 12.1 Å². The fraction of sp³-hybridized carbons (Fsp3) is 0.0556. The third-order valence-corrected chi connectivity index (χ3v) is 4.64. The van der Waals surface area contributed by atoms with Crippen molar-refractivity contribution in [3.63, 3.8) is 0 Å². The van der Waals surface area contributed by atoms with E-state index in [2.05, 4.69) is 10.2 Å². The minimum Gasteiger partial charge on any atom is -0.293 e. The van der Waals surface area contributed by atoms with Gasteiger partial charge < -0.3 is 0 Å². The van der Waals surface area contributed by atoms with E-state index < -0.39 is 9.85 Å². The van der Waals surface area contributed by atoms with E-state index in [0.717, 1.165) is 11.8 Å². The number of thioether (sulfide) groups is 1. The van der Waals surface area contributed by atoms with E-state index in [0.29, 0.717) is 16.3 Å². The quantitative estimate of drug-likeness (QED) is 0.254. The first kappa shape index (κ1) is 19.1. The summed E-state index contributed by atoms with van der Waals surface area (Å²) in [5.74, 6) is -0.218.